The molecule has 3 rings (SSSR count). The molecule has 1 fully saturated rings. The molecule has 1 aliphatic rings. The zero-order chi connectivity index (χ0) is 14.2. The highest BCUT2D eigenvalue weighted by Gasteiger charge is 2.31. The fraction of sp³-hybridized carbons (Fsp3) is 0.500. The van der Waals surface area contributed by atoms with E-state index in [1.165, 1.54) is 4.31 Å². The molecule has 1 aromatic carbocycles. The molecule has 0 saturated carbocycles. The van der Waals surface area contributed by atoms with E-state index in [0.717, 1.165) is 24.6 Å². The number of nitrogens with two attached hydrogens (primary N) is 1. The van der Waals surface area contributed by atoms with Gasteiger partial charge in [-0.25, -0.2) is 8.42 Å². The third kappa shape index (κ3) is 2.32. The van der Waals surface area contributed by atoms with Crippen LogP contribution in [0.3, 0.4) is 0 Å². The molecule has 1 atom stereocenters. The minimum atomic E-state index is -3.52. The van der Waals surface area contributed by atoms with Crippen LogP contribution in [0, 0.1) is 5.92 Å². The monoisotopic (exact) mass is 312 g/mol. The van der Waals surface area contributed by atoms with Gasteiger partial charge < -0.3 is 5.73 Å². The molecule has 1 unspecified atom stereocenters. The predicted octanol–water partition coefficient (Wildman–Crippen LogP) is 1.05. The first-order valence-corrected chi connectivity index (χ1v) is 8.71. The SMILES string of the molecule is NCC1CCCN(S(=O)(=O)c2cccc3nsnc23)C1. The second kappa shape index (κ2) is 5.36. The highest BCUT2D eigenvalue weighted by atomic mass is 32.2. The van der Waals surface area contributed by atoms with E-state index in [4.69, 9.17) is 5.73 Å². The van der Waals surface area contributed by atoms with Crippen LogP contribution in [-0.2, 0) is 10.0 Å². The summed E-state index contributed by atoms with van der Waals surface area (Å²) in [6.45, 7) is 1.56. The minimum absolute atomic E-state index is 0.242. The average molecular weight is 312 g/mol. The molecule has 2 aromatic rings. The van der Waals surface area contributed by atoms with Gasteiger partial charge in [0.25, 0.3) is 0 Å². The van der Waals surface area contributed by atoms with E-state index in [1.54, 1.807) is 18.2 Å². The molecule has 2 heterocycles. The number of rotatable bonds is 3. The fourth-order valence-corrected chi connectivity index (χ4v) is 4.87. The first-order valence-electron chi connectivity index (χ1n) is 6.54. The van der Waals surface area contributed by atoms with Crippen molar-refractivity contribution >= 4 is 32.8 Å². The van der Waals surface area contributed by atoms with E-state index in [-0.39, 0.29) is 10.8 Å². The molecule has 108 valence electrons. The van der Waals surface area contributed by atoms with Gasteiger partial charge in [0, 0.05) is 13.1 Å². The maximum Gasteiger partial charge on any atom is 0.245 e. The van der Waals surface area contributed by atoms with Gasteiger partial charge in [-0.1, -0.05) is 6.07 Å². The highest BCUT2D eigenvalue weighted by molar-refractivity contribution is 7.89. The average Bonchev–Trinajstić information content (AvgIpc) is 2.95. The molecule has 6 nitrogen and oxygen atoms in total. The highest BCUT2D eigenvalue weighted by Crippen LogP contribution is 2.27. The van der Waals surface area contributed by atoms with Crippen LogP contribution in [0.4, 0.5) is 0 Å². The summed E-state index contributed by atoms with van der Waals surface area (Å²) in [5.41, 5.74) is 6.77. The van der Waals surface area contributed by atoms with E-state index in [2.05, 4.69) is 8.75 Å². The Balaban J connectivity index is 2.01. The van der Waals surface area contributed by atoms with E-state index >= 15 is 0 Å². The van der Waals surface area contributed by atoms with Gasteiger partial charge in [-0.15, -0.1) is 0 Å². The van der Waals surface area contributed by atoms with Gasteiger partial charge in [-0.3, -0.25) is 0 Å². The van der Waals surface area contributed by atoms with Crippen LogP contribution >= 0.6 is 11.7 Å². The predicted molar refractivity (Wildman–Crippen MR) is 78.0 cm³/mol. The Morgan fingerprint density at radius 2 is 2.25 bits per heavy atom. The Morgan fingerprint density at radius 1 is 1.40 bits per heavy atom. The molecular formula is C12H16N4O2S2. The third-order valence-electron chi connectivity index (χ3n) is 3.68. The van der Waals surface area contributed by atoms with Crippen molar-refractivity contribution in [3.8, 4) is 0 Å². The van der Waals surface area contributed by atoms with Gasteiger partial charge in [-0.2, -0.15) is 13.1 Å². The normalized spacial score (nSPS) is 21.4. The molecule has 1 saturated heterocycles. The Hall–Kier alpha value is -1.09. The van der Waals surface area contributed by atoms with Crippen LogP contribution in [0.15, 0.2) is 23.1 Å². The van der Waals surface area contributed by atoms with Gasteiger partial charge in [0.05, 0.1) is 11.7 Å². The van der Waals surface area contributed by atoms with Crippen molar-refractivity contribution in [3.05, 3.63) is 18.2 Å². The molecular weight excluding hydrogens is 296 g/mol. The van der Waals surface area contributed by atoms with Crippen molar-refractivity contribution in [1.29, 1.82) is 0 Å². The molecule has 0 spiro atoms. The number of sulfonamides is 1. The van der Waals surface area contributed by atoms with Crippen molar-refractivity contribution < 1.29 is 8.42 Å². The summed E-state index contributed by atoms with van der Waals surface area (Å²) in [5.74, 6) is 0.242. The number of piperidine rings is 1. The molecule has 0 amide bonds. The summed E-state index contributed by atoms with van der Waals surface area (Å²) in [4.78, 5) is 0.251. The third-order valence-corrected chi connectivity index (χ3v) is 6.12. The molecule has 0 radical (unpaired) electrons. The Kier molecular flexibility index (Phi) is 3.72. The lowest BCUT2D eigenvalue weighted by molar-refractivity contribution is 0.271. The quantitative estimate of drug-likeness (QED) is 0.915. The first kappa shape index (κ1) is 13.9. The van der Waals surface area contributed by atoms with Gasteiger partial charge >= 0.3 is 0 Å². The number of hydrogen-bond acceptors (Lipinski definition) is 6. The minimum Gasteiger partial charge on any atom is -0.330 e. The topological polar surface area (TPSA) is 89.2 Å². The number of nitrogens with zero attached hydrogens (tertiary/aromatic N) is 3. The summed E-state index contributed by atoms with van der Waals surface area (Å²) >= 11 is 1.03. The molecule has 1 aliphatic heterocycles. The summed E-state index contributed by atoms with van der Waals surface area (Å²) in [6, 6.07) is 5.09. The molecule has 0 bridgehead atoms. The van der Waals surface area contributed by atoms with E-state index in [0.29, 0.717) is 30.7 Å². The zero-order valence-corrected chi connectivity index (χ0v) is 12.5. The lowest BCUT2D eigenvalue weighted by atomic mass is 10.0. The van der Waals surface area contributed by atoms with Crippen LogP contribution in [0.2, 0.25) is 0 Å². The lowest BCUT2D eigenvalue weighted by Crippen LogP contribution is -2.42. The molecule has 20 heavy (non-hydrogen) atoms. The van der Waals surface area contributed by atoms with E-state index < -0.39 is 10.0 Å². The zero-order valence-electron chi connectivity index (χ0n) is 10.9. The standard InChI is InChI=1S/C12H16N4O2S2/c13-7-9-3-2-6-16(8-9)20(17,18)11-5-1-4-10-12(11)15-19-14-10/h1,4-5,9H,2-3,6-8,13H2. The van der Waals surface area contributed by atoms with Gasteiger partial charge in [0.15, 0.2) is 0 Å². The van der Waals surface area contributed by atoms with Crippen molar-refractivity contribution in [1.82, 2.24) is 13.1 Å². The molecule has 8 heteroatoms. The van der Waals surface area contributed by atoms with Crippen molar-refractivity contribution in [2.75, 3.05) is 19.6 Å². The smallest absolute Gasteiger partial charge is 0.245 e. The van der Waals surface area contributed by atoms with E-state index in [9.17, 15) is 8.42 Å². The lowest BCUT2D eigenvalue weighted by Gasteiger charge is -2.31. The summed E-state index contributed by atoms with van der Waals surface area (Å²) in [7, 11) is -3.52. The second-order valence-corrected chi connectivity index (χ2v) is 7.43. The van der Waals surface area contributed by atoms with Gasteiger partial charge in [0.1, 0.15) is 15.9 Å². The fourth-order valence-electron chi connectivity index (χ4n) is 2.57. The maximum atomic E-state index is 12.8. The van der Waals surface area contributed by atoms with Gasteiger partial charge in [0.2, 0.25) is 10.0 Å². The van der Waals surface area contributed by atoms with Crippen molar-refractivity contribution in [2.24, 2.45) is 11.7 Å². The molecule has 1 aromatic heterocycles. The summed E-state index contributed by atoms with van der Waals surface area (Å²) in [5, 5.41) is 0. The van der Waals surface area contributed by atoms with Crippen LogP contribution < -0.4 is 5.73 Å². The van der Waals surface area contributed by atoms with Crippen LogP contribution in [0.25, 0.3) is 11.0 Å². The number of benzene rings is 1. The molecule has 2 N–H and O–H groups in total. The Bertz CT molecular complexity index is 713. The van der Waals surface area contributed by atoms with Crippen LogP contribution in [0.5, 0.6) is 0 Å². The van der Waals surface area contributed by atoms with Gasteiger partial charge in [-0.05, 0) is 37.4 Å². The Morgan fingerprint density at radius 3 is 3.05 bits per heavy atom. The maximum absolute atomic E-state index is 12.8. The number of aromatic nitrogens is 2. The van der Waals surface area contributed by atoms with Crippen LogP contribution in [0.1, 0.15) is 12.8 Å². The number of hydrogen-bond donors (Lipinski definition) is 1. The largest absolute Gasteiger partial charge is 0.330 e. The summed E-state index contributed by atoms with van der Waals surface area (Å²) in [6.07, 6.45) is 1.84. The number of fused-ring (bicyclic) bond motifs is 1. The van der Waals surface area contributed by atoms with E-state index in [1.807, 2.05) is 0 Å². The molecule has 0 aliphatic carbocycles. The Labute approximate surface area is 122 Å². The second-order valence-electron chi connectivity index (χ2n) is 5.00. The van der Waals surface area contributed by atoms with Crippen molar-refractivity contribution in [3.63, 3.8) is 0 Å². The van der Waals surface area contributed by atoms with Crippen LogP contribution in [-0.4, -0.2) is 41.1 Å². The first-order chi connectivity index (χ1) is 9.63. The van der Waals surface area contributed by atoms with Crippen molar-refractivity contribution in [2.45, 2.75) is 17.7 Å². The summed E-state index contributed by atoms with van der Waals surface area (Å²) < 4.78 is 35.3.